The lowest BCUT2D eigenvalue weighted by Gasteiger charge is -2.37. The van der Waals surface area contributed by atoms with Crippen LogP contribution in [0.15, 0.2) is 89.8 Å². The van der Waals surface area contributed by atoms with Crippen LogP contribution in [0.5, 0.6) is 5.75 Å². The van der Waals surface area contributed by atoms with Gasteiger partial charge in [-0.1, -0.05) is 48.5 Å². The zero-order chi connectivity index (χ0) is 22.4. The summed E-state index contributed by atoms with van der Waals surface area (Å²) in [7, 11) is -1.95. The van der Waals surface area contributed by atoms with Gasteiger partial charge in [-0.3, -0.25) is 4.90 Å². The molecule has 0 spiro atoms. The molecule has 1 aliphatic rings. The molecule has 1 N–H and O–H groups in total. The maximum atomic E-state index is 13.0. The molecule has 3 aromatic rings. The standard InChI is InChI=1S/C25H29N3O3S/c1-31-23-14-12-22(13-15-23)28-18-16-27(17-19-28)20-25(21-8-4-2-5-9-21)26-32(29,30)24-10-6-3-7-11-24/h2-15,25-26H,16-20H2,1H3/t25-/m1/s1. The minimum absolute atomic E-state index is 0.283. The highest BCUT2D eigenvalue weighted by molar-refractivity contribution is 7.89. The minimum Gasteiger partial charge on any atom is -0.497 e. The van der Waals surface area contributed by atoms with Gasteiger partial charge in [0.2, 0.25) is 10.0 Å². The van der Waals surface area contributed by atoms with Crippen LogP contribution in [-0.2, 0) is 10.0 Å². The van der Waals surface area contributed by atoms with Crippen LogP contribution in [0.3, 0.4) is 0 Å². The highest BCUT2D eigenvalue weighted by Gasteiger charge is 2.25. The Labute approximate surface area is 190 Å². The Balaban J connectivity index is 1.44. The highest BCUT2D eigenvalue weighted by atomic mass is 32.2. The molecule has 6 nitrogen and oxygen atoms in total. The van der Waals surface area contributed by atoms with Gasteiger partial charge in [0.25, 0.3) is 0 Å². The summed E-state index contributed by atoms with van der Waals surface area (Å²) in [6.45, 7) is 4.12. The van der Waals surface area contributed by atoms with Crippen molar-refractivity contribution < 1.29 is 13.2 Å². The average molecular weight is 452 g/mol. The summed E-state index contributed by atoms with van der Waals surface area (Å²) in [6, 6.07) is 26.1. The molecule has 4 rings (SSSR count). The third kappa shape index (κ3) is 5.48. The number of benzene rings is 3. The molecule has 1 fully saturated rings. The Bertz CT molecular complexity index is 1080. The Kier molecular flexibility index (Phi) is 7.09. The van der Waals surface area contributed by atoms with Gasteiger partial charge in [-0.25, -0.2) is 13.1 Å². The summed E-state index contributed by atoms with van der Waals surface area (Å²) < 4.78 is 34.2. The molecular weight excluding hydrogens is 422 g/mol. The first-order chi connectivity index (χ1) is 15.5. The van der Waals surface area contributed by atoms with Crippen molar-refractivity contribution in [1.29, 1.82) is 0 Å². The Morgan fingerprint density at radius 2 is 1.44 bits per heavy atom. The first-order valence-electron chi connectivity index (χ1n) is 10.8. The molecule has 0 aromatic heterocycles. The number of sulfonamides is 1. The van der Waals surface area contributed by atoms with Gasteiger partial charge in [0.05, 0.1) is 18.0 Å². The van der Waals surface area contributed by atoms with Gasteiger partial charge < -0.3 is 9.64 Å². The maximum absolute atomic E-state index is 13.0. The zero-order valence-electron chi connectivity index (χ0n) is 18.2. The monoisotopic (exact) mass is 451 g/mol. The number of nitrogens with zero attached hydrogens (tertiary/aromatic N) is 2. The number of hydrogen-bond donors (Lipinski definition) is 1. The molecule has 7 heteroatoms. The van der Waals surface area contributed by atoms with Crippen molar-refractivity contribution in [1.82, 2.24) is 9.62 Å². The summed E-state index contributed by atoms with van der Waals surface area (Å²) >= 11 is 0. The molecule has 3 aromatic carbocycles. The zero-order valence-corrected chi connectivity index (χ0v) is 19.0. The normalized spacial score (nSPS) is 16.0. The van der Waals surface area contributed by atoms with Crippen molar-refractivity contribution in [3.8, 4) is 5.75 Å². The molecule has 0 bridgehead atoms. The topological polar surface area (TPSA) is 61.9 Å². The van der Waals surface area contributed by atoms with E-state index in [2.05, 4.69) is 26.7 Å². The molecular formula is C25H29N3O3S. The fraction of sp³-hybridized carbons (Fsp3) is 0.280. The number of anilines is 1. The van der Waals surface area contributed by atoms with Gasteiger partial charge >= 0.3 is 0 Å². The van der Waals surface area contributed by atoms with Crippen LogP contribution in [0.4, 0.5) is 5.69 Å². The molecule has 1 saturated heterocycles. The first kappa shape index (κ1) is 22.3. The third-order valence-electron chi connectivity index (χ3n) is 5.80. The van der Waals surface area contributed by atoms with E-state index < -0.39 is 10.0 Å². The van der Waals surface area contributed by atoms with Crippen LogP contribution >= 0.6 is 0 Å². The Hall–Kier alpha value is -2.87. The molecule has 32 heavy (non-hydrogen) atoms. The van der Waals surface area contributed by atoms with Gasteiger partial charge in [0.1, 0.15) is 5.75 Å². The van der Waals surface area contributed by atoms with E-state index in [1.807, 2.05) is 48.5 Å². The number of rotatable bonds is 8. The maximum Gasteiger partial charge on any atom is 0.241 e. The van der Waals surface area contributed by atoms with E-state index in [0.29, 0.717) is 6.54 Å². The predicted molar refractivity (Wildman–Crippen MR) is 128 cm³/mol. The second kappa shape index (κ2) is 10.2. The number of ether oxygens (including phenoxy) is 1. The Morgan fingerprint density at radius 3 is 2.03 bits per heavy atom. The number of piperazine rings is 1. The van der Waals surface area contributed by atoms with Crippen molar-refractivity contribution in [2.75, 3.05) is 44.7 Å². The lowest BCUT2D eigenvalue weighted by Crippen LogP contribution is -2.49. The fourth-order valence-corrected chi connectivity index (χ4v) is 5.23. The largest absolute Gasteiger partial charge is 0.497 e. The molecule has 0 unspecified atom stereocenters. The van der Waals surface area contributed by atoms with Gasteiger partial charge in [0, 0.05) is 38.4 Å². The van der Waals surface area contributed by atoms with Crippen molar-refractivity contribution >= 4 is 15.7 Å². The molecule has 1 heterocycles. The number of methoxy groups -OCH3 is 1. The molecule has 1 atom stereocenters. The molecule has 168 valence electrons. The van der Waals surface area contributed by atoms with E-state index in [1.165, 1.54) is 5.69 Å². The van der Waals surface area contributed by atoms with Crippen LogP contribution in [0.25, 0.3) is 0 Å². The SMILES string of the molecule is COc1ccc(N2CCN(C[C@@H](NS(=O)(=O)c3ccccc3)c3ccccc3)CC2)cc1. The summed E-state index contributed by atoms with van der Waals surface area (Å²) in [6.07, 6.45) is 0. The molecule has 0 radical (unpaired) electrons. The highest BCUT2D eigenvalue weighted by Crippen LogP contribution is 2.23. The molecule has 0 aliphatic carbocycles. The van der Waals surface area contributed by atoms with Crippen molar-refractivity contribution in [2.24, 2.45) is 0 Å². The average Bonchev–Trinajstić information content (AvgIpc) is 2.85. The minimum atomic E-state index is -3.62. The summed E-state index contributed by atoms with van der Waals surface area (Å²) in [5.41, 5.74) is 2.14. The van der Waals surface area contributed by atoms with Gasteiger partial charge in [-0.15, -0.1) is 0 Å². The van der Waals surface area contributed by atoms with Crippen molar-refractivity contribution in [3.63, 3.8) is 0 Å². The first-order valence-corrected chi connectivity index (χ1v) is 12.3. The lowest BCUT2D eigenvalue weighted by molar-refractivity contribution is 0.238. The van der Waals surface area contributed by atoms with E-state index in [-0.39, 0.29) is 10.9 Å². The van der Waals surface area contributed by atoms with Crippen molar-refractivity contribution in [2.45, 2.75) is 10.9 Å². The smallest absolute Gasteiger partial charge is 0.241 e. The molecule has 0 amide bonds. The van der Waals surface area contributed by atoms with Gasteiger partial charge in [-0.2, -0.15) is 0 Å². The summed E-state index contributed by atoms with van der Waals surface area (Å²) in [5, 5.41) is 0. The van der Waals surface area contributed by atoms with Crippen molar-refractivity contribution in [3.05, 3.63) is 90.5 Å². The van der Waals surface area contributed by atoms with E-state index in [0.717, 1.165) is 37.5 Å². The quantitative estimate of drug-likeness (QED) is 0.568. The third-order valence-corrected chi connectivity index (χ3v) is 7.29. The molecule has 1 aliphatic heterocycles. The fourth-order valence-electron chi connectivity index (χ4n) is 3.99. The van der Waals surface area contributed by atoms with Gasteiger partial charge in [0.15, 0.2) is 0 Å². The van der Waals surface area contributed by atoms with E-state index in [4.69, 9.17) is 4.74 Å². The van der Waals surface area contributed by atoms with E-state index in [9.17, 15) is 8.42 Å². The summed E-state index contributed by atoms with van der Waals surface area (Å²) in [5.74, 6) is 0.851. The van der Waals surface area contributed by atoms with Crippen LogP contribution in [0.2, 0.25) is 0 Å². The van der Waals surface area contributed by atoms with Crippen LogP contribution in [0.1, 0.15) is 11.6 Å². The van der Waals surface area contributed by atoms with Crippen LogP contribution < -0.4 is 14.4 Å². The summed E-state index contributed by atoms with van der Waals surface area (Å²) in [4.78, 5) is 4.96. The number of nitrogens with one attached hydrogen (secondary N) is 1. The lowest BCUT2D eigenvalue weighted by atomic mass is 10.1. The van der Waals surface area contributed by atoms with E-state index in [1.54, 1.807) is 31.4 Å². The van der Waals surface area contributed by atoms with Crippen LogP contribution in [-0.4, -0.2) is 53.2 Å². The molecule has 0 saturated carbocycles. The second-order valence-electron chi connectivity index (χ2n) is 7.88. The number of hydrogen-bond acceptors (Lipinski definition) is 5. The van der Waals surface area contributed by atoms with Gasteiger partial charge in [-0.05, 0) is 42.0 Å². The predicted octanol–water partition coefficient (Wildman–Crippen LogP) is 3.54. The van der Waals surface area contributed by atoms with E-state index >= 15 is 0 Å². The Morgan fingerprint density at radius 1 is 0.844 bits per heavy atom. The second-order valence-corrected chi connectivity index (χ2v) is 9.60. The van der Waals surface area contributed by atoms with Crippen LogP contribution in [0, 0.1) is 0 Å².